The molecule has 0 fully saturated rings. The molecule has 78 valence electrons. The molecule has 2 N–H and O–H groups in total. The van der Waals surface area contributed by atoms with Gasteiger partial charge in [-0.05, 0) is 18.8 Å². The minimum Gasteiger partial charge on any atom is -0.465 e. The molecule has 0 aromatic heterocycles. The van der Waals surface area contributed by atoms with E-state index in [1.807, 2.05) is 6.92 Å². The lowest BCUT2D eigenvalue weighted by Gasteiger charge is -2.11. The van der Waals surface area contributed by atoms with Crippen LogP contribution in [0.15, 0.2) is 0 Å². The summed E-state index contributed by atoms with van der Waals surface area (Å²) in [5, 5.41) is 0. The smallest absolute Gasteiger partial charge is 0.322 e. The molecule has 0 aromatic rings. The van der Waals surface area contributed by atoms with Crippen molar-refractivity contribution in [3.63, 3.8) is 0 Å². The fourth-order valence-electron chi connectivity index (χ4n) is 0.931. The summed E-state index contributed by atoms with van der Waals surface area (Å²) in [4.78, 5) is 11.2. The largest absolute Gasteiger partial charge is 0.465 e. The van der Waals surface area contributed by atoms with Crippen LogP contribution < -0.4 is 5.73 Å². The number of hydrogen-bond acceptors (Lipinski definition) is 3. The Hall–Kier alpha value is -0.570. The van der Waals surface area contributed by atoms with Crippen molar-refractivity contribution in [3.05, 3.63) is 0 Å². The second kappa shape index (κ2) is 6.89. The SMILES string of the molecule is CCCC(N)C(=O)OCCC(C)C. The van der Waals surface area contributed by atoms with Gasteiger partial charge in [-0.2, -0.15) is 0 Å². The molecule has 1 atom stereocenters. The number of hydrogen-bond donors (Lipinski definition) is 1. The molecular weight excluding hydrogens is 166 g/mol. The zero-order valence-corrected chi connectivity index (χ0v) is 8.88. The molecule has 0 spiro atoms. The van der Waals surface area contributed by atoms with Crippen molar-refractivity contribution in [1.29, 1.82) is 0 Å². The first-order valence-corrected chi connectivity index (χ1v) is 5.00. The van der Waals surface area contributed by atoms with Gasteiger partial charge in [0.25, 0.3) is 0 Å². The highest BCUT2D eigenvalue weighted by Crippen LogP contribution is 2.01. The molecule has 0 bridgehead atoms. The molecular formula is C10H21NO2. The molecule has 13 heavy (non-hydrogen) atoms. The van der Waals surface area contributed by atoms with Gasteiger partial charge in [0.1, 0.15) is 6.04 Å². The zero-order chi connectivity index (χ0) is 10.3. The Morgan fingerprint density at radius 1 is 1.38 bits per heavy atom. The minimum atomic E-state index is -0.433. The fourth-order valence-corrected chi connectivity index (χ4v) is 0.931. The standard InChI is InChI=1S/C10H21NO2/c1-4-5-9(11)10(12)13-7-6-8(2)3/h8-9H,4-7,11H2,1-3H3. The Morgan fingerprint density at radius 3 is 2.46 bits per heavy atom. The first kappa shape index (κ1) is 12.4. The molecule has 0 radical (unpaired) electrons. The third-order valence-electron chi connectivity index (χ3n) is 1.84. The van der Waals surface area contributed by atoms with Gasteiger partial charge in [0.05, 0.1) is 6.61 Å². The summed E-state index contributed by atoms with van der Waals surface area (Å²) in [5.41, 5.74) is 5.57. The van der Waals surface area contributed by atoms with Gasteiger partial charge in [-0.15, -0.1) is 0 Å². The molecule has 1 unspecified atom stereocenters. The predicted octanol–water partition coefficient (Wildman–Crippen LogP) is 1.70. The molecule has 3 nitrogen and oxygen atoms in total. The molecule has 0 aromatic carbocycles. The summed E-state index contributed by atoms with van der Waals surface area (Å²) in [6.07, 6.45) is 2.53. The van der Waals surface area contributed by atoms with Crippen molar-refractivity contribution in [2.24, 2.45) is 11.7 Å². The monoisotopic (exact) mass is 187 g/mol. The summed E-state index contributed by atoms with van der Waals surface area (Å²) < 4.78 is 5.00. The van der Waals surface area contributed by atoms with Crippen LogP contribution in [0, 0.1) is 5.92 Å². The maximum Gasteiger partial charge on any atom is 0.322 e. The average Bonchev–Trinajstić information content (AvgIpc) is 2.04. The third-order valence-corrected chi connectivity index (χ3v) is 1.84. The average molecular weight is 187 g/mol. The third kappa shape index (κ3) is 6.58. The lowest BCUT2D eigenvalue weighted by Crippen LogP contribution is -2.32. The fraction of sp³-hybridized carbons (Fsp3) is 0.900. The zero-order valence-electron chi connectivity index (χ0n) is 8.88. The Labute approximate surface area is 80.6 Å². The van der Waals surface area contributed by atoms with Crippen molar-refractivity contribution in [2.75, 3.05) is 6.61 Å². The highest BCUT2D eigenvalue weighted by molar-refractivity contribution is 5.75. The first-order valence-electron chi connectivity index (χ1n) is 5.00. The van der Waals surface area contributed by atoms with Gasteiger partial charge in [0.2, 0.25) is 0 Å². The van der Waals surface area contributed by atoms with Crippen molar-refractivity contribution in [1.82, 2.24) is 0 Å². The topological polar surface area (TPSA) is 52.3 Å². The van der Waals surface area contributed by atoms with Crippen LogP contribution in [0.2, 0.25) is 0 Å². The number of carbonyl (C=O) groups excluding carboxylic acids is 1. The Kier molecular flexibility index (Phi) is 6.59. The molecule has 0 aliphatic rings. The van der Waals surface area contributed by atoms with Crippen LogP contribution in [-0.2, 0) is 9.53 Å². The van der Waals surface area contributed by atoms with E-state index < -0.39 is 6.04 Å². The van der Waals surface area contributed by atoms with Gasteiger partial charge in [-0.25, -0.2) is 0 Å². The maximum atomic E-state index is 11.2. The number of ether oxygens (including phenoxy) is 1. The summed E-state index contributed by atoms with van der Waals surface area (Å²) in [7, 11) is 0. The molecule has 0 rings (SSSR count). The summed E-state index contributed by atoms with van der Waals surface area (Å²) in [6.45, 7) is 6.69. The van der Waals surface area contributed by atoms with Crippen LogP contribution >= 0.6 is 0 Å². The van der Waals surface area contributed by atoms with Crippen LogP contribution in [-0.4, -0.2) is 18.6 Å². The molecule has 0 saturated heterocycles. The van der Waals surface area contributed by atoms with Gasteiger partial charge in [-0.3, -0.25) is 4.79 Å². The van der Waals surface area contributed by atoms with Crippen LogP contribution in [0.4, 0.5) is 0 Å². The Bertz CT molecular complexity index is 146. The normalized spacial score (nSPS) is 13.0. The van der Waals surface area contributed by atoms with E-state index in [1.54, 1.807) is 0 Å². The van der Waals surface area contributed by atoms with E-state index >= 15 is 0 Å². The van der Waals surface area contributed by atoms with Crippen molar-refractivity contribution in [2.45, 2.75) is 46.1 Å². The Morgan fingerprint density at radius 2 is 2.00 bits per heavy atom. The van der Waals surface area contributed by atoms with Crippen LogP contribution in [0.5, 0.6) is 0 Å². The number of carbonyl (C=O) groups is 1. The Balaban J connectivity index is 3.50. The molecule has 0 aliphatic heterocycles. The number of nitrogens with two attached hydrogens (primary N) is 1. The molecule has 0 aliphatic carbocycles. The predicted molar refractivity (Wildman–Crippen MR) is 53.3 cm³/mol. The maximum absolute atomic E-state index is 11.2. The molecule has 3 heteroatoms. The van der Waals surface area contributed by atoms with Gasteiger partial charge in [0, 0.05) is 0 Å². The minimum absolute atomic E-state index is 0.262. The van der Waals surface area contributed by atoms with Crippen LogP contribution in [0.1, 0.15) is 40.0 Å². The van der Waals surface area contributed by atoms with E-state index in [-0.39, 0.29) is 5.97 Å². The van der Waals surface area contributed by atoms with E-state index in [1.165, 1.54) is 0 Å². The quantitative estimate of drug-likeness (QED) is 0.644. The van der Waals surface area contributed by atoms with E-state index in [0.717, 1.165) is 12.8 Å². The first-order chi connectivity index (χ1) is 6.07. The van der Waals surface area contributed by atoms with Crippen molar-refractivity contribution < 1.29 is 9.53 Å². The lowest BCUT2D eigenvalue weighted by molar-refractivity contribution is -0.145. The van der Waals surface area contributed by atoms with Crippen LogP contribution in [0.25, 0.3) is 0 Å². The van der Waals surface area contributed by atoms with E-state index in [9.17, 15) is 4.79 Å². The van der Waals surface area contributed by atoms with Crippen LogP contribution in [0.3, 0.4) is 0 Å². The second-order valence-corrected chi connectivity index (χ2v) is 3.75. The van der Waals surface area contributed by atoms with Gasteiger partial charge >= 0.3 is 5.97 Å². The highest BCUT2D eigenvalue weighted by Gasteiger charge is 2.13. The number of rotatable bonds is 6. The van der Waals surface area contributed by atoms with Crippen molar-refractivity contribution >= 4 is 5.97 Å². The van der Waals surface area contributed by atoms with E-state index in [2.05, 4.69) is 13.8 Å². The van der Waals surface area contributed by atoms with E-state index in [0.29, 0.717) is 18.9 Å². The molecule has 0 heterocycles. The number of esters is 1. The molecule has 0 amide bonds. The van der Waals surface area contributed by atoms with Gasteiger partial charge in [-0.1, -0.05) is 27.2 Å². The highest BCUT2D eigenvalue weighted by atomic mass is 16.5. The van der Waals surface area contributed by atoms with E-state index in [4.69, 9.17) is 10.5 Å². The summed E-state index contributed by atoms with van der Waals surface area (Å²) >= 11 is 0. The second-order valence-electron chi connectivity index (χ2n) is 3.75. The molecule has 0 saturated carbocycles. The van der Waals surface area contributed by atoms with Gasteiger partial charge < -0.3 is 10.5 Å². The van der Waals surface area contributed by atoms with Gasteiger partial charge in [0.15, 0.2) is 0 Å². The summed E-state index contributed by atoms with van der Waals surface area (Å²) in [5.74, 6) is 0.303. The lowest BCUT2D eigenvalue weighted by atomic mass is 10.1. The van der Waals surface area contributed by atoms with Crippen molar-refractivity contribution in [3.8, 4) is 0 Å². The summed E-state index contributed by atoms with van der Waals surface area (Å²) in [6, 6.07) is -0.433.